The normalized spacial score (nSPS) is 15.4. The molecule has 0 spiro atoms. The Bertz CT molecular complexity index is 1280. The Morgan fingerprint density at radius 1 is 0.941 bits per heavy atom. The lowest BCUT2D eigenvalue weighted by molar-refractivity contribution is -0.140. The van der Waals surface area contributed by atoms with Gasteiger partial charge < -0.3 is 9.64 Å². The summed E-state index contributed by atoms with van der Waals surface area (Å²) in [7, 11) is -2.66. The summed E-state index contributed by atoms with van der Waals surface area (Å²) in [6.07, 6.45) is -5.00. The van der Waals surface area contributed by atoms with E-state index in [4.69, 9.17) is 4.74 Å². The SMILES string of the molecule is COc1cccc(-c2ccc(N3CCN(S(=O)(=O)c4ccc(F)c(C(F)(F)F)c4)CC3)nn2)c1. The van der Waals surface area contributed by atoms with Crippen LogP contribution in [0.15, 0.2) is 59.5 Å². The highest BCUT2D eigenvalue weighted by molar-refractivity contribution is 7.89. The second-order valence-corrected chi connectivity index (χ2v) is 9.48. The van der Waals surface area contributed by atoms with Crippen molar-refractivity contribution >= 4 is 15.8 Å². The van der Waals surface area contributed by atoms with Crippen LogP contribution in [0, 0.1) is 5.82 Å². The zero-order valence-electron chi connectivity index (χ0n) is 18.0. The number of aromatic nitrogens is 2. The maximum atomic E-state index is 13.6. The summed E-state index contributed by atoms with van der Waals surface area (Å²) in [5, 5.41) is 8.46. The van der Waals surface area contributed by atoms with Gasteiger partial charge in [-0.15, -0.1) is 10.2 Å². The van der Waals surface area contributed by atoms with E-state index in [2.05, 4.69) is 10.2 Å². The third-order valence-corrected chi connectivity index (χ3v) is 7.35. The molecular weight excluding hydrogens is 476 g/mol. The first-order valence-corrected chi connectivity index (χ1v) is 11.6. The van der Waals surface area contributed by atoms with Crippen LogP contribution in [0.4, 0.5) is 23.4 Å². The monoisotopic (exact) mass is 496 g/mol. The molecular formula is C22H20F4N4O3S. The Labute approximate surface area is 193 Å². The lowest BCUT2D eigenvalue weighted by Gasteiger charge is -2.34. The standard InChI is InChI=1S/C22H20F4N4O3S/c1-33-16-4-2-3-15(13-16)20-7-8-21(28-27-20)29-9-11-30(12-10-29)34(31,32)17-5-6-19(23)18(14-17)22(24,25)26/h2-8,13-14H,9-12H2,1H3. The molecule has 1 aromatic heterocycles. The molecule has 4 rings (SSSR count). The fourth-order valence-electron chi connectivity index (χ4n) is 3.62. The minimum atomic E-state index is -5.00. The van der Waals surface area contributed by atoms with Crippen LogP contribution in [0.3, 0.4) is 0 Å². The van der Waals surface area contributed by atoms with Gasteiger partial charge in [-0.3, -0.25) is 0 Å². The van der Waals surface area contributed by atoms with Crippen LogP contribution >= 0.6 is 0 Å². The Hall–Kier alpha value is -3.25. The molecule has 1 saturated heterocycles. The minimum Gasteiger partial charge on any atom is -0.497 e. The van der Waals surface area contributed by atoms with Crippen LogP contribution in [0.25, 0.3) is 11.3 Å². The lowest BCUT2D eigenvalue weighted by Crippen LogP contribution is -2.49. The molecule has 0 radical (unpaired) electrons. The summed E-state index contributed by atoms with van der Waals surface area (Å²) in [6.45, 7) is 0.584. The van der Waals surface area contributed by atoms with Crippen LogP contribution in [0.2, 0.25) is 0 Å². The van der Waals surface area contributed by atoms with Gasteiger partial charge in [-0.25, -0.2) is 12.8 Å². The highest BCUT2D eigenvalue weighted by Gasteiger charge is 2.37. The summed E-state index contributed by atoms with van der Waals surface area (Å²) in [4.78, 5) is 1.23. The van der Waals surface area contributed by atoms with Crippen LogP contribution in [-0.4, -0.2) is 56.2 Å². The molecule has 3 aromatic rings. The Balaban J connectivity index is 1.46. The molecule has 1 aliphatic heterocycles. The van der Waals surface area contributed by atoms with E-state index >= 15 is 0 Å². The van der Waals surface area contributed by atoms with Crippen molar-refractivity contribution < 1.29 is 30.7 Å². The van der Waals surface area contributed by atoms with E-state index in [0.29, 0.717) is 29.4 Å². The van der Waals surface area contributed by atoms with Crippen LogP contribution in [-0.2, 0) is 16.2 Å². The van der Waals surface area contributed by atoms with Gasteiger partial charge in [0.15, 0.2) is 5.82 Å². The Morgan fingerprint density at radius 2 is 1.68 bits per heavy atom. The van der Waals surface area contributed by atoms with Gasteiger partial charge in [0.25, 0.3) is 0 Å². The number of hydrogen-bond donors (Lipinski definition) is 0. The zero-order valence-corrected chi connectivity index (χ0v) is 18.8. The van der Waals surface area contributed by atoms with Crippen molar-refractivity contribution in [3.8, 4) is 17.0 Å². The number of hydrogen-bond acceptors (Lipinski definition) is 6. The molecule has 0 amide bonds. The van der Waals surface area contributed by atoms with Gasteiger partial charge in [-0.1, -0.05) is 12.1 Å². The van der Waals surface area contributed by atoms with Crippen LogP contribution < -0.4 is 9.64 Å². The topological polar surface area (TPSA) is 75.6 Å². The highest BCUT2D eigenvalue weighted by Crippen LogP contribution is 2.33. The lowest BCUT2D eigenvalue weighted by atomic mass is 10.1. The molecule has 34 heavy (non-hydrogen) atoms. The van der Waals surface area contributed by atoms with Crippen molar-refractivity contribution in [2.75, 3.05) is 38.2 Å². The van der Waals surface area contributed by atoms with Gasteiger partial charge in [-0.05, 0) is 42.5 Å². The van der Waals surface area contributed by atoms with Gasteiger partial charge >= 0.3 is 6.18 Å². The average molecular weight is 496 g/mol. The number of piperazine rings is 1. The number of rotatable bonds is 5. The fourth-order valence-corrected chi connectivity index (χ4v) is 5.07. The molecule has 7 nitrogen and oxygen atoms in total. The molecule has 0 saturated carbocycles. The number of anilines is 1. The smallest absolute Gasteiger partial charge is 0.419 e. The van der Waals surface area contributed by atoms with Crippen molar-refractivity contribution in [1.29, 1.82) is 0 Å². The molecule has 180 valence electrons. The van der Waals surface area contributed by atoms with E-state index in [-0.39, 0.29) is 26.2 Å². The highest BCUT2D eigenvalue weighted by atomic mass is 32.2. The summed E-state index contributed by atoms with van der Waals surface area (Å²) in [6, 6.07) is 12.6. The van der Waals surface area contributed by atoms with E-state index in [1.165, 1.54) is 0 Å². The molecule has 0 aliphatic carbocycles. The summed E-state index contributed by atoms with van der Waals surface area (Å²) >= 11 is 0. The Morgan fingerprint density at radius 3 is 2.29 bits per heavy atom. The van der Waals surface area contributed by atoms with Crippen molar-refractivity contribution in [3.05, 3.63) is 66.0 Å². The first kappa shape index (κ1) is 23.9. The van der Waals surface area contributed by atoms with E-state index in [1.807, 2.05) is 29.2 Å². The predicted octanol–water partition coefficient (Wildman–Crippen LogP) is 3.82. The number of halogens is 4. The first-order chi connectivity index (χ1) is 16.1. The average Bonchev–Trinajstić information content (AvgIpc) is 2.83. The summed E-state index contributed by atoms with van der Waals surface area (Å²) in [5.74, 6) is -0.290. The maximum Gasteiger partial charge on any atom is 0.419 e. The van der Waals surface area contributed by atoms with Crippen molar-refractivity contribution in [3.63, 3.8) is 0 Å². The minimum absolute atomic E-state index is 0.0282. The third-order valence-electron chi connectivity index (χ3n) is 5.46. The van der Waals surface area contributed by atoms with Gasteiger partial charge in [0.05, 0.1) is 23.3 Å². The number of sulfonamides is 1. The molecule has 1 fully saturated rings. The number of ether oxygens (including phenoxy) is 1. The van der Waals surface area contributed by atoms with E-state index in [9.17, 15) is 26.0 Å². The molecule has 0 unspecified atom stereocenters. The zero-order chi connectivity index (χ0) is 24.5. The van der Waals surface area contributed by atoms with E-state index < -0.39 is 32.5 Å². The molecule has 0 atom stereocenters. The fraction of sp³-hybridized carbons (Fsp3) is 0.273. The van der Waals surface area contributed by atoms with E-state index in [0.717, 1.165) is 15.9 Å². The van der Waals surface area contributed by atoms with Gasteiger partial charge in [0, 0.05) is 31.7 Å². The largest absolute Gasteiger partial charge is 0.497 e. The van der Waals surface area contributed by atoms with Crippen molar-refractivity contribution in [1.82, 2.24) is 14.5 Å². The van der Waals surface area contributed by atoms with E-state index in [1.54, 1.807) is 19.2 Å². The number of methoxy groups -OCH3 is 1. The number of benzene rings is 2. The third kappa shape index (κ3) is 4.82. The summed E-state index contributed by atoms with van der Waals surface area (Å²) < 4.78 is 84.5. The van der Waals surface area contributed by atoms with Crippen LogP contribution in [0.1, 0.15) is 5.56 Å². The van der Waals surface area contributed by atoms with Crippen molar-refractivity contribution in [2.45, 2.75) is 11.1 Å². The van der Waals surface area contributed by atoms with Gasteiger partial charge in [0.2, 0.25) is 10.0 Å². The quantitative estimate of drug-likeness (QED) is 0.500. The molecule has 2 heterocycles. The van der Waals surface area contributed by atoms with Crippen molar-refractivity contribution in [2.24, 2.45) is 0 Å². The first-order valence-electron chi connectivity index (χ1n) is 10.2. The second kappa shape index (κ2) is 9.18. The molecule has 12 heteroatoms. The number of alkyl halides is 3. The Kier molecular flexibility index (Phi) is 6.45. The molecule has 0 N–H and O–H groups in total. The molecule has 1 aliphatic rings. The van der Waals surface area contributed by atoms with Crippen LogP contribution in [0.5, 0.6) is 5.75 Å². The summed E-state index contributed by atoms with van der Waals surface area (Å²) in [5.41, 5.74) is -0.147. The predicted molar refractivity (Wildman–Crippen MR) is 116 cm³/mol. The molecule has 0 bridgehead atoms. The van der Waals surface area contributed by atoms with Gasteiger partial charge in [-0.2, -0.15) is 17.5 Å². The van der Waals surface area contributed by atoms with Gasteiger partial charge in [0.1, 0.15) is 11.6 Å². The number of nitrogens with zero attached hydrogens (tertiary/aromatic N) is 4. The molecule has 2 aromatic carbocycles. The maximum absolute atomic E-state index is 13.6. The second-order valence-electron chi connectivity index (χ2n) is 7.54.